The molecule has 2 aromatic rings. The number of para-hydroxylation sites is 2. The Morgan fingerprint density at radius 3 is 2.44 bits per heavy atom. The average Bonchev–Trinajstić information content (AvgIpc) is 2.73. The lowest BCUT2D eigenvalue weighted by Gasteiger charge is -2.30. The average molecular weight is 367 g/mol. The lowest BCUT2D eigenvalue weighted by molar-refractivity contribution is 0.0953. The normalized spacial score (nSPS) is 13.9. The van der Waals surface area contributed by atoms with Crippen LogP contribution < -0.4 is 15.5 Å². The van der Waals surface area contributed by atoms with Crippen molar-refractivity contribution in [2.24, 2.45) is 0 Å². The summed E-state index contributed by atoms with van der Waals surface area (Å²) in [6, 6.07) is 14.5. The smallest absolute Gasteiger partial charge is 0.255 e. The Morgan fingerprint density at radius 1 is 1.00 bits per heavy atom. The number of benzene rings is 2. The maximum Gasteiger partial charge on any atom is 0.255 e. The third-order valence-electron chi connectivity index (χ3n) is 4.43. The monoisotopic (exact) mass is 367 g/mol. The molecule has 6 nitrogen and oxygen atoms in total. The molecule has 0 unspecified atom stereocenters. The number of hydrogen-bond donors (Lipinski definition) is 2. The van der Waals surface area contributed by atoms with Gasteiger partial charge in [-0.3, -0.25) is 9.59 Å². The van der Waals surface area contributed by atoms with E-state index in [1.54, 1.807) is 24.3 Å². The predicted octanol–water partition coefficient (Wildman–Crippen LogP) is 2.92. The Morgan fingerprint density at radius 2 is 1.70 bits per heavy atom. The standard InChI is InChI=1S/C21H25N3O3/c1-2-10-22-20(25)16-6-5-7-17(15-16)21(26)23-18-8-3-4-9-19(18)24-11-13-27-14-12-24/h3-9,15H,2,10-14H2,1H3,(H,22,25)(H,23,26). The van der Waals surface area contributed by atoms with Crippen LogP contribution in [-0.4, -0.2) is 44.7 Å². The zero-order valence-corrected chi connectivity index (χ0v) is 15.5. The van der Waals surface area contributed by atoms with Gasteiger partial charge in [-0.25, -0.2) is 0 Å². The highest BCUT2D eigenvalue weighted by molar-refractivity contribution is 6.07. The summed E-state index contributed by atoms with van der Waals surface area (Å²) in [6.07, 6.45) is 0.865. The molecule has 0 aromatic heterocycles. The molecule has 0 aliphatic carbocycles. The molecule has 0 atom stereocenters. The molecule has 1 saturated heterocycles. The molecule has 3 rings (SSSR count). The Bertz CT molecular complexity index is 801. The van der Waals surface area contributed by atoms with E-state index in [2.05, 4.69) is 15.5 Å². The number of rotatable bonds is 6. The van der Waals surface area contributed by atoms with Gasteiger partial charge in [-0.15, -0.1) is 0 Å². The summed E-state index contributed by atoms with van der Waals surface area (Å²) in [7, 11) is 0. The molecule has 6 heteroatoms. The fourth-order valence-corrected chi connectivity index (χ4v) is 3.00. The second-order valence-electron chi connectivity index (χ2n) is 6.41. The minimum Gasteiger partial charge on any atom is -0.378 e. The van der Waals surface area contributed by atoms with E-state index >= 15 is 0 Å². The quantitative estimate of drug-likeness (QED) is 0.824. The summed E-state index contributed by atoms with van der Waals surface area (Å²) >= 11 is 0. The molecule has 1 aliphatic rings. The van der Waals surface area contributed by atoms with Gasteiger partial charge in [0.1, 0.15) is 0 Å². The summed E-state index contributed by atoms with van der Waals surface area (Å²) in [5.41, 5.74) is 2.67. The predicted molar refractivity (Wildman–Crippen MR) is 106 cm³/mol. The van der Waals surface area contributed by atoms with Crippen LogP contribution in [0.15, 0.2) is 48.5 Å². The SMILES string of the molecule is CCCNC(=O)c1cccc(C(=O)Nc2ccccc2N2CCOCC2)c1. The third kappa shape index (κ3) is 4.86. The van der Waals surface area contributed by atoms with E-state index in [9.17, 15) is 9.59 Å². The van der Waals surface area contributed by atoms with Crippen LogP contribution in [-0.2, 0) is 4.74 Å². The topological polar surface area (TPSA) is 70.7 Å². The number of nitrogens with zero attached hydrogens (tertiary/aromatic N) is 1. The van der Waals surface area contributed by atoms with Crippen LogP contribution in [0, 0.1) is 0 Å². The van der Waals surface area contributed by atoms with E-state index < -0.39 is 0 Å². The maximum absolute atomic E-state index is 12.8. The summed E-state index contributed by atoms with van der Waals surface area (Å²) < 4.78 is 5.41. The number of amides is 2. The Kier molecular flexibility index (Phi) is 6.44. The van der Waals surface area contributed by atoms with Gasteiger partial charge in [0.05, 0.1) is 24.6 Å². The summed E-state index contributed by atoms with van der Waals surface area (Å²) in [6.45, 7) is 5.55. The van der Waals surface area contributed by atoms with Crippen LogP contribution in [0.25, 0.3) is 0 Å². The van der Waals surface area contributed by atoms with Crippen LogP contribution >= 0.6 is 0 Å². The Balaban J connectivity index is 1.75. The van der Waals surface area contributed by atoms with Crippen LogP contribution in [0.4, 0.5) is 11.4 Å². The van der Waals surface area contributed by atoms with E-state index in [0.717, 1.165) is 30.9 Å². The first-order chi connectivity index (χ1) is 13.2. The number of ether oxygens (including phenoxy) is 1. The fraction of sp³-hybridized carbons (Fsp3) is 0.333. The van der Waals surface area contributed by atoms with Crippen molar-refractivity contribution in [2.75, 3.05) is 43.1 Å². The van der Waals surface area contributed by atoms with Gasteiger partial charge in [0, 0.05) is 30.8 Å². The number of nitrogens with one attached hydrogen (secondary N) is 2. The maximum atomic E-state index is 12.8. The van der Waals surface area contributed by atoms with Crippen molar-refractivity contribution in [3.63, 3.8) is 0 Å². The number of carbonyl (C=O) groups excluding carboxylic acids is 2. The highest BCUT2D eigenvalue weighted by Crippen LogP contribution is 2.26. The highest BCUT2D eigenvalue weighted by atomic mass is 16.5. The Hall–Kier alpha value is -2.86. The molecular weight excluding hydrogens is 342 g/mol. The molecule has 0 saturated carbocycles. The second-order valence-corrected chi connectivity index (χ2v) is 6.41. The van der Waals surface area contributed by atoms with Crippen molar-refractivity contribution in [3.8, 4) is 0 Å². The van der Waals surface area contributed by atoms with Gasteiger partial charge >= 0.3 is 0 Å². The summed E-state index contributed by atoms with van der Waals surface area (Å²) in [5.74, 6) is -0.402. The molecular formula is C21H25N3O3. The first-order valence-corrected chi connectivity index (χ1v) is 9.30. The molecule has 142 valence electrons. The molecule has 2 amide bonds. The minimum absolute atomic E-state index is 0.166. The van der Waals surface area contributed by atoms with E-state index in [1.807, 2.05) is 31.2 Å². The van der Waals surface area contributed by atoms with E-state index in [4.69, 9.17) is 4.74 Å². The Labute approximate surface area is 159 Å². The molecule has 0 spiro atoms. The van der Waals surface area contributed by atoms with Gasteiger partial charge in [0.15, 0.2) is 0 Å². The molecule has 2 aromatic carbocycles. The van der Waals surface area contributed by atoms with Crippen LogP contribution in [0.1, 0.15) is 34.1 Å². The van der Waals surface area contributed by atoms with E-state index in [-0.39, 0.29) is 11.8 Å². The molecule has 0 radical (unpaired) electrons. The van der Waals surface area contributed by atoms with Crippen molar-refractivity contribution in [1.82, 2.24) is 5.32 Å². The number of morpholine rings is 1. The molecule has 0 bridgehead atoms. The largest absolute Gasteiger partial charge is 0.378 e. The lowest BCUT2D eigenvalue weighted by atomic mass is 10.1. The van der Waals surface area contributed by atoms with Crippen molar-refractivity contribution < 1.29 is 14.3 Å². The minimum atomic E-state index is -0.235. The van der Waals surface area contributed by atoms with Crippen molar-refractivity contribution in [2.45, 2.75) is 13.3 Å². The molecule has 27 heavy (non-hydrogen) atoms. The van der Waals surface area contributed by atoms with Gasteiger partial charge < -0.3 is 20.3 Å². The van der Waals surface area contributed by atoms with Gasteiger partial charge in [-0.1, -0.05) is 25.1 Å². The van der Waals surface area contributed by atoms with Gasteiger partial charge in [-0.2, -0.15) is 0 Å². The molecule has 1 aliphatic heterocycles. The lowest BCUT2D eigenvalue weighted by Crippen LogP contribution is -2.36. The van der Waals surface area contributed by atoms with Crippen molar-refractivity contribution in [3.05, 3.63) is 59.7 Å². The first kappa shape index (κ1) is 18.9. The zero-order chi connectivity index (χ0) is 19.1. The number of anilines is 2. The number of carbonyl (C=O) groups is 2. The van der Waals surface area contributed by atoms with Crippen molar-refractivity contribution >= 4 is 23.2 Å². The molecule has 1 fully saturated rings. The zero-order valence-electron chi connectivity index (χ0n) is 15.5. The van der Waals surface area contributed by atoms with Gasteiger partial charge in [0.2, 0.25) is 0 Å². The molecule has 1 heterocycles. The van der Waals surface area contributed by atoms with E-state index in [1.165, 1.54) is 0 Å². The summed E-state index contributed by atoms with van der Waals surface area (Å²) in [4.78, 5) is 27.1. The third-order valence-corrected chi connectivity index (χ3v) is 4.43. The van der Waals surface area contributed by atoms with Crippen LogP contribution in [0.3, 0.4) is 0 Å². The van der Waals surface area contributed by atoms with Crippen LogP contribution in [0.5, 0.6) is 0 Å². The van der Waals surface area contributed by atoms with Crippen molar-refractivity contribution in [1.29, 1.82) is 0 Å². The van der Waals surface area contributed by atoms with E-state index in [0.29, 0.717) is 30.9 Å². The second kappa shape index (κ2) is 9.19. The van der Waals surface area contributed by atoms with Gasteiger partial charge in [-0.05, 0) is 36.8 Å². The highest BCUT2D eigenvalue weighted by Gasteiger charge is 2.17. The fourth-order valence-electron chi connectivity index (χ4n) is 3.00. The van der Waals surface area contributed by atoms with Gasteiger partial charge in [0.25, 0.3) is 11.8 Å². The number of hydrogen-bond acceptors (Lipinski definition) is 4. The first-order valence-electron chi connectivity index (χ1n) is 9.30. The molecule has 2 N–H and O–H groups in total. The summed E-state index contributed by atoms with van der Waals surface area (Å²) in [5, 5.41) is 5.81. The van der Waals surface area contributed by atoms with Crippen LogP contribution in [0.2, 0.25) is 0 Å².